The van der Waals surface area contributed by atoms with Crippen LogP contribution in [-0.4, -0.2) is 29.6 Å². The monoisotopic (exact) mass is 276 g/mol. The number of carboxylic acid groups (broad SMARTS) is 1. The standard InChI is InChI=1S/C14H16N2O4/c1-15(9-10-2-3-10)13-6-5-12(16(19)20)8-11(13)4-7-14(17)18/h4-8,10H,2-3,9H2,1H3,(H,17,18)/b7-4+. The van der Waals surface area contributed by atoms with Crippen molar-refractivity contribution in [3.05, 3.63) is 40.0 Å². The quantitative estimate of drug-likeness (QED) is 0.490. The average Bonchev–Trinajstić information content (AvgIpc) is 3.19. The number of nitrogens with zero attached hydrogens (tertiary/aromatic N) is 2. The number of rotatable bonds is 6. The molecule has 1 aromatic carbocycles. The molecule has 1 aliphatic rings. The largest absolute Gasteiger partial charge is 0.478 e. The molecule has 0 spiro atoms. The molecule has 20 heavy (non-hydrogen) atoms. The number of nitro groups is 1. The van der Waals surface area contributed by atoms with Crippen LogP contribution >= 0.6 is 0 Å². The van der Waals surface area contributed by atoms with Gasteiger partial charge in [0.15, 0.2) is 0 Å². The zero-order chi connectivity index (χ0) is 14.7. The van der Waals surface area contributed by atoms with Crippen molar-refractivity contribution in [3.63, 3.8) is 0 Å². The Bertz CT molecular complexity index is 564. The maximum Gasteiger partial charge on any atom is 0.328 e. The summed E-state index contributed by atoms with van der Waals surface area (Å²) >= 11 is 0. The lowest BCUT2D eigenvalue weighted by Gasteiger charge is -2.21. The van der Waals surface area contributed by atoms with Gasteiger partial charge in [-0.05, 0) is 30.9 Å². The van der Waals surface area contributed by atoms with E-state index in [2.05, 4.69) is 0 Å². The summed E-state index contributed by atoms with van der Waals surface area (Å²) in [5, 5.41) is 19.5. The van der Waals surface area contributed by atoms with Gasteiger partial charge in [-0.3, -0.25) is 10.1 Å². The molecule has 1 saturated carbocycles. The highest BCUT2D eigenvalue weighted by molar-refractivity contribution is 5.87. The van der Waals surface area contributed by atoms with Gasteiger partial charge in [-0.15, -0.1) is 0 Å². The first-order valence-corrected chi connectivity index (χ1v) is 6.38. The van der Waals surface area contributed by atoms with Crippen LogP contribution in [0.3, 0.4) is 0 Å². The number of carbonyl (C=O) groups is 1. The third-order valence-corrected chi connectivity index (χ3v) is 3.27. The first kappa shape index (κ1) is 14.0. The van der Waals surface area contributed by atoms with Crippen molar-refractivity contribution in [1.82, 2.24) is 0 Å². The van der Waals surface area contributed by atoms with E-state index in [1.54, 1.807) is 6.07 Å². The van der Waals surface area contributed by atoms with E-state index in [1.165, 1.54) is 31.1 Å². The second kappa shape index (κ2) is 5.73. The van der Waals surface area contributed by atoms with E-state index in [9.17, 15) is 14.9 Å². The van der Waals surface area contributed by atoms with Crippen molar-refractivity contribution in [1.29, 1.82) is 0 Å². The molecule has 2 rings (SSSR count). The Morgan fingerprint density at radius 2 is 2.25 bits per heavy atom. The summed E-state index contributed by atoms with van der Waals surface area (Å²) in [7, 11) is 1.91. The van der Waals surface area contributed by atoms with Crippen molar-refractivity contribution >= 4 is 23.4 Å². The summed E-state index contributed by atoms with van der Waals surface area (Å²) in [5.74, 6) is -0.404. The molecular weight excluding hydrogens is 260 g/mol. The number of non-ortho nitro benzene ring substituents is 1. The van der Waals surface area contributed by atoms with Gasteiger partial charge in [-0.2, -0.15) is 0 Å². The van der Waals surface area contributed by atoms with Gasteiger partial charge in [-0.25, -0.2) is 4.79 Å². The minimum absolute atomic E-state index is 0.0430. The number of anilines is 1. The van der Waals surface area contributed by atoms with Crippen LogP contribution < -0.4 is 4.90 Å². The van der Waals surface area contributed by atoms with Gasteiger partial charge < -0.3 is 10.0 Å². The molecule has 0 bridgehead atoms. The molecule has 1 aromatic rings. The van der Waals surface area contributed by atoms with Crippen LogP contribution in [0.1, 0.15) is 18.4 Å². The van der Waals surface area contributed by atoms with Gasteiger partial charge in [-0.1, -0.05) is 0 Å². The fraction of sp³-hybridized carbons (Fsp3) is 0.357. The predicted octanol–water partition coefficient (Wildman–Crippen LogP) is 2.54. The average molecular weight is 276 g/mol. The van der Waals surface area contributed by atoms with Crippen molar-refractivity contribution < 1.29 is 14.8 Å². The number of benzene rings is 1. The summed E-state index contributed by atoms with van der Waals surface area (Å²) in [6.45, 7) is 0.881. The van der Waals surface area contributed by atoms with Crippen molar-refractivity contribution in [2.45, 2.75) is 12.8 Å². The Kier molecular flexibility index (Phi) is 4.02. The normalized spacial score (nSPS) is 14.4. The Morgan fingerprint density at radius 3 is 2.80 bits per heavy atom. The predicted molar refractivity (Wildman–Crippen MR) is 75.8 cm³/mol. The van der Waals surface area contributed by atoms with E-state index in [4.69, 9.17) is 5.11 Å². The van der Waals surface area contributed by atoms with Gasteiger partial charge in [0.25, 0.3) is 5.69 Å². The van der Waals surface area contributed by atoms with E-state index < -0.39 is 10.9 Å². The van der Waals surface area contributed by atoms with E-state index in [0.717, 1.165) is 18.3 Å². The summed E-state index contributed by atoms with van der Waals surface area (Å²) in [5.41, 5.74) is 1.31. The van der Waals surface area contributed by atoms with E-state index >= 15 is 0 Å². The topological polar surface area (TPSA) is 83.7 Å². The third kappa shape index (κ3) is 3.57. The molecule has 6 heteroatoms. The Morgan fingerprint density at radius 1 is 1.55 bits per heavy atom. The maximum atomic E-state index is 10.8. The molecule has 1 aliphatic carbocycles. The molecule has 0 unspecified atom stereocenters. The maximum absolute atomic E-state index is 10.8. The van der Waals surface area contributed by atoms with Gasteiger partial charge in [0, 0.05) is 43.1 Å². The lowest BCUT2D eigenvalue weighted by Crippen LogP contribution is -2.20. The van der Waals surface area contributed by atoms with Crippen LogP contribution in [0.25, 0.3) is 6.08 Å². The highest BCUT2D eigenvalue weighted by Gasteiger charge is 2.24. The smallest absolute Gasteiger partial charge is 0.328 e. The summed E-state index contributed by atoms with van der Waals surface area (Å²) in [6, 6.07) is 4.51. The van der Waals surface area contributed by atoms with Gasteiger partial charge in [0.1, 0.15) is 0 Å². The van der Waals surface area contributed by atoms with Crippen molar-refractivity contribution in [2.75, 3.05) is 18.5 Å². The SMILES string of the molecule is CN(CC1CC1)c1ccc([N+](=O)[O-])cc1/C=C/C(=O)O. The highest BCUT2D eigenvalue weighted by Crippen LogP contribution is 2.33. The second-order valence-corrected chi connectivity index (χ2v) is 5.00. The Hall–Kier alpha value is -2.37. The molecule has 1 fully saturated rings. The molecule has 6 nitrogen and oxygen atoms in total. The Balaban J connectivity index is 2.32. The molecule has 1 N–H and O–H groups in total. The molecule has 0 aliphatic heterocycles. The number of aliphatic carboxylic acids is 1. The first-order valence-electron chi connectivity index (χ1n) is 6.38. The van der Waals surface area contributed by atoms with E-state index in [0.29, 0.717) is 11.5 Å². The highest BCUT2D eigenvalue weighted by atomic mass is 16.6. The van der Waals surface area contributed by atoms with Crippen LogP contribution in [0.2, 0.25) is 0 Å². The molecular formula is C14H16N2O4. The van der Waals surface area contributed by atoms with Gasteiger partial charge >= 0.3 is 5.97 Å². The second-order valence-electron chi connectivity index (χ2n) is 5.00. The number of carboxylic acids is 1. The zero-order valence-electron chi connectivity index (χ0n) is 11.2. The van der Waals surface area contributed by atoms with E-state index in [1.807, 2.05) is 11.9 Å². The van der Waals surface area contributed by atoms with Gasteiger partial charge in [0.2, 0.25) is 0 Å². The van der Waals surface area contributed by atoms with Crippen LogP contribution in [0, 0.1) is 16.0 Å². The lowest BCUT2D eigenvalue weighted by atomic mass is 10.1. The molecule has 0 amide bonds. The van der Waals surface area contributed by atoms with Gasteiger partial charge in [0.05, 0.1) is 4.92 Å². The molecule has 0 atom stereocenters. The summed E-state index contributed by atoms with van der Waals surface area (Å²) in [4.78, 5) is 23.0. The molecule has 0 radical (unpaired) electrons. The fourth-order valence-electron chi connectivity index (χ4n) is 2.08. The van der Waals surface area contributed by atoms with Crippen LogP contribution in [0.15, 0.2) is 24.3 Å². The molecule has 0 heterocycles. The van der Waals surface area contributed by atoms with Crippen molar-refractivity contribution in [2.24, 2.45) is 5.92 Å². The summed E-state index contributed by atoms with van der Waals surface area (Å²) < 4.78 is 0. The number of hydrogen-bond donors (Lipinski definition) is 1. The minimum Gasteiger partial charge on any atom is -0.478 e. The Labute approximate surface area is 116 Å². The summed E-state index contributed by atoms with van der Waals surface area (Å²) in [6.07, 6.45) is 4.80. The molecule has 0 saturated heterocycles. The first-order chi connectivity index (χ1) is 9.47. The number of nitro benzene ring substituents is 1. The third-order valence-electron chi connectivity index (χ3n) is 3.27. The zero-order valence-corrected chi connectivity index (χ0v) is 11.2. The number of hydrogen-bond acceptors (Lipinski definition) is 4. The lowest BCUT2D eigenvalue weighted by molar-refractivity contribution is -0.384. The van der Waals surface area contributed by atoms with Crippen LogP contribution in [0.5, 0.6) is 0 Å². The fourth-order valence-corrected chi connectivity index (χ4v) is 2.08. The van der Waals surface area contributed by atoms with Crippen LogP contribution in [0.4, 0.5) is 11.4 Å². The molecule has 106 valence electrons. The van der Waals surface area contributed by atoms with Crippen LogP contribution in [-0.2, 0) is 4.79 Å². The van der Waals surface area contributed by atoms with E-state index in [-0.39, 0.29) is 5.69 Å². The van der Waals surface area contributed by atoms with Crippen molar-refractivity contribution in [3.8, 4) is 0 Å². The molecule has 0 aromatic heterocycles. The minimum atomic E-state index is -1.08.